The number of benzene rings is 2. The van der Waals surface area contributed by atoms with Crippen molar-refractivity contribution in [3.63, 3.8) is 0 Å². The highest BCUT2D eigenvalue weighted by Gasteiger charge is 2.36. The van der Waals surface area contributed by atoms with E-state index in [-0.39, 0.29) is 35.0 Å². The van der Waals surface area contributed by atoms with Crippen molar-refractivity contribution in [3.05, 3.63) is 64.7 Å². The molecule has 0 aliphatic carbocycles. The van der Waals surface area contributed by atoms with Crippen LogP contribution in [0.25, 0.3) is 0 Å². The Morgan fingerprint density at radius 1 is 1.15 bits per heavy atom. The van der Waals surface area contributed by atoms with Gasteiger partial charge in [0, 0.05) is 42.4 Å². The summed E-state index contributed by atoms with van der Waals surface area (Å²) >= 11 is 4.58. The highest BCUT2D eigenvalue weighted by molar-refractivity contribution is 7.80. The molecule has 3 rings (SSSR count). The zero-order valence-electron chi connectivity index (χ0n) is 18.2. The predicted octanol–water partition coefficient (Wildman–Crippen LogP) is 3.89. The first-order chi connectivity index (χ1) is 15.9. The van der Waals surface area contributed by atoms with Crippen LogP contribution in [0, 0.1) is 11.6 Å². The van der Waals surface area contributed by atoms with Crippen LogP contribution in [-0.2, 0) is 6.18 Å². The van der Waals surface area contributed by atoms with Crippen molar-refractivity contribution in [2.75, 3.05) is 18.0 Å². The summed E-state index contributed by atoms with van der Waals surface area (Å²) in [7, 11) is 0. The number of thiocarbonyl (C=S) groups is 1. The highest BCUT2D eigenvalue weighted by Crippen LogP contribution is 2.31. The molecule has 12 heteroatoms. The van der Waals surface area contributed by atoms with E-state index < -0.39 is 41.4 Å². The second kappa shape index (κ2) is 9.92. The maximum atomic E-state index is 14.8. The molecular formula is C22H22F5N5OS. The zero-order valence-corrected chi connectivity index (χ0v) is 19.1. The van der Waals surface area contributed by atoms with Gasteiger partial charge in [-0.3, -0.25) is 10.2 Å². The van der Waals surface area contributed by atoms with Crippen molar-refractivity contribution in [2.45, 2.75) is 32.1 Å². The van der Waals surface area contributed by atoms with Crippen molar-refractivity contribution in [2.24, 2.45) is 10.8 Å². The van der Waals surface area contributed by atoms with Gasteiger partial charge in [0.15, 0.2) is 5.11 Å². The van der Waals surface area contributed by atoms with Crippen molar-refractivity contribution in [1.82, 2.24) is 10.3 Å². The predicted molar refractivity (Wildman–Crippen MR) is 123 cm³/mol. The van der Waals surface area contributed by atoms with E-state index in [0.717, 1.165) is 30.5 Å². The van der Waals surface area contributed by atoms with Crippen LogP contribution in [0.5, 0.6) is 0 Å². The van der Waals surface area contributed by atoms with Crippen molar-refractivity contribution >= 4 is 35.1 Å². The van der Waals surface area contributed by atoms with Crippen LogP contribution in [0.15, 0.2) is 41.5 Å². The number of nitrogens with zero attached hydrogens (tertiary/aromatic N) is 3. The van der Waals surface area contributed by atoms with Crippen LogP contribution in [0.2, 0.25) is 0 Å². The summed E-state index contributed by atoms with van der Waals surface area (Å²) in [6.45, 7) is 3.71. The molecule has 1 heterocycles. The van der Waals surface area contributed by atoms with Crippen LogP contribution in [0.4, 0.5) is 27.6 Å². The van der Waals surface area contributed by atoms with Gasteiger partial charge in [-0.05, 0) is 50.3 Å². The number of amides is 1. The number of halogens is 5. The van der Waals surface area contributed by atoms with Crippen molar-refractivity contribution < 1.29 is 26.7 Å². The molecule has 1 aliphatic rings. The molecular weight excluding hydrogens is 477 g/mol. The van der Waals surface area contributed by atoms with E-state index in [1.54, 1.807) is 18.7 Å². The van der Waals surface area contributed by atoms with Gasteiger partial charge in [0.25, 0.3) is 5.91 Å². The summed E-state index contributed by atoms with van der Waals surface area (Å²) < 4.78 is 68.5. The molecule has 2 aromatic carbocycles. The molecule has 1 amide bonds. The number of nitrogens with one attached hydrogen (secondary N) is 1. The fourth-order valence-electron chi connectivity index (χ4n) is 3.96. The molecule has 1 saturated heterocycles. The van der Waals surface area contributed by atoms with E-state index in [0.29, 0.717) is 0 Å². The third kappa shape index (κ3) is 5.61. The average Bonchev–Trinajstić information content (AvgIpc) is 2.74. The first-order valence-corrected chi connectivity index (χ1v) is 10.6. The minimum atomic E-state index is -4.57. The molecule has 1 fully saturated rings. The van der Waals surface area contributed by atoms with Crippen LogP contribution in [0.3, 0.4) is 0 Å². The number of nitrogens with two attached hydrogens (primary N) is 1. The quantitative estimate of drug-likeness (QED) is 0.289. The summed E-state index contributed by atoms with van der Waals surface area (Å²) in [5.74, 6) is -1.99. The van der Waals surface area contributed by atoms with Gasteiger partial charge in [-0.2, -0.15) is 18.3 Å². The largest absolute Gasteiger partial charge is 0.416 e. The van der Waals surface area contributed by atoms with E-state index in [4.69, 9.17) is 5.73 Å². The van der Waals surface area contributed by atoms with E-state index >= 15 is 0 Å². The van der Waals surface area contributed by atoms with Crippen LogP contribution < -0.4 is 16.1 Å². The summed E-state index contributed by atoms with van der Waals surface area (Å²) in [5, 5.41) is 3.48. The van der Waals surface area contributed by atoms with Gasteiger partial charge in [-0.1, -0.05) is 6.07 Å². The Kier molecular flexibility index (Phi) is 7.39. The fraction of sp³-hybridized carbons (Fsp3) is 0.318. The smallest absolute Gasteiger partial charge is 0.375 e. The van der Waals surface area contributed by atoms with Crippen LogP contribution in [-0.4, -0.2) is 47.3 Å². The number of carbonyl (C=O) groups excluding carboxylic acids is 1. The molecule has 0 aromatic heterocycles. The molecule has 0 bridgehead atoms. The Morgan fingerprint density at radius 3 is 2.38 bits per heavy atom. The lowest BCUT2D eigenvalue weighted by Crippen LogP contribution is -2.59. The Morgan fingerprint density at radius 2 is 1.79 bits per heavy atom. The molecule has 2 unspecified atom stereocenters. The van der Waals surface area contributed by atoms with E-state index in [1.165, 1.54) is 17.0 Å². The first-order valence-electron chi connectivity index (χ1n) is 10.2. The lowest BCUT2D eigenvalue weighted by atomic mass is 10.0. The highest BCUT2D eigenvalue weighted by atomic mass is 32.1. The summed E-state index contributed by atoms with van der Waals surface area (Å²) in [6.07, 6.45) is -3.53. The number of piperazine rings is 1. The molecule has 0 spiro atoms. The monoisotopic (exact) mass is 499 g/mol. The van der Waals surface area contributed by atoms with Crippen molar-refractivity contribution in [1.29, 1.82) is 0 Å². The minimum Gasteiger partial charge on any atom is -0.375 e. The maximum absolute atomic E-state index is 14.8. The molecule has 34 heavy (non-hydrogen) atoms. The maximum Gasteiger partial charge on any atom is 0.416 e. The number of alkyl halides is 3. The Hall–Kier alpha value is -3.28. The van der Waals surface area contributed by atoms with E-state index in [9.17, 15) is 26.7 Å². The van der Waals surface area contributed by atoms with E-state index in [1.807, 2.05) is 0 Å². The molecule has 182 valence electrons. The Balaban J connectivity index is 1.80. The number of rotatable bonds is 4. The average molecular weight is 500 g/mol. The Labute approximate surface area is 198 Å². The van der Waals surface area contributed by atoms with Gasteiger partial charge in [-0.25, -0.2) is 8.78 Å². The third-order valence-corrected chi connectivity index (χ3v) is 5.47. The number of carbonyl (C=O) groups is 1. The number of hydrogen-bond acceptors (Lipinski definition) is 4. The van der Waals surface area contributed by atoms with Gasteiger partial charge in [0.1, 0.15) is 11.6 Å². The van der Waals surface area contributed by atoms with Gasteiger partial charge in [-0.15, -0.1) is 0 Å². The van der Waals surface area contributed by atoms with E-state index in [2.05, 4.69) is 22.7 Å². The lowest BCUT2D eigenvalue weighted by molar-refractivity contribution is -0.137. The van der Waals surface area contributed by atoms with Gasteiger partial charge >= 0.3 is 6.18 Å². The van der Waals surface area contributed by atoms with Crippen LogP contribution in [0.1, 0.15) is 35.3 Å². The normalized spacial score (nSPS) is 18.9. The fourth-order valence-corrected chi connectivity index (χ4v) is 4.01. The van der Waals surface area contributed by atoms with Crippen molar-refractivity contribution in [3.8, 4) is 0 Å². The topological polar surface area (TPSA) is 74.0 Å². The summed E-state index contributed by atoms with van der Waals surface area (Å²) in [6, 6.07) is 5.26. The van der Waals surface area contributed by atoms with Gasteiger partial charge in [0.05, 0.1) is 17.5 Å². The number of hydrazone groups is 1. The standard InChI is InChI=1S/C22H22F5N5OS/c1-12-10-31(19-8-17(23)15(7-18(19)24)9-29-30-21(28)34)11-13(2)32(12)20(33)14-4-3-5-16(6-14)22(25,26)27/h3-9,12-13H,10-11H2,1-2H3,(H3,28,30,34). The molecule has 0 saturated carbocycles. The molecule has 3 N–H and O–H groups in total. The molecule has 6 nitrogen and oxygen atoms in total. The third-order valence-electron chi connectivity index (χ3n) is 5.38. The number of hydrogen-bond donors (Lipinski definition) is 2. The number of anilines is 1. The first kappa shape index (κ1) is 25.3. The molecule has 2 atom stereocenters. The molecule has 1 aliphatic heterocycles. The summed E-state index contributed by atoms with van der Waals surface area (Å²) in [4.78, 5) is 16.1. The second-order valence-electron chi connectivity index (χ2n) is 7.95. The Bertz CT molecular complexity index is 1110. The SMILES string of the molecule is CC1CN(c2cc(F)c(C=NNC(N)=S)cc2F)CC(C)N1C(=O)c1cccc(C(F)(F)F)c1. The van der Waals surface area contributed by atoms with Gasteiger partial charge in [0.2, 0.25) is 0 Å². The summed E-state index contributed by atoms with van der Waals surface area (Å²) in [5.41, 5.74) is 6.35. The van der Waals surface area contributed by atoms with Crippen LogP contribution >= 0.6 is 12.2 Å². The minimum absolute atomic E-state index is 0.00169. The van der Waals surface area contributed by atoms with Gasteiger partial charge < -0.3 is 15.5 Å². The molecule has 0 radical (unpaired) electrons. The zero-order chi connectivity index (χ0) is 25.2. The molecule has 2 aromatic rings. The second-order valence-corrected chi connectivity index (χ2v) is 8.39. The lowest BCUT2D eigenvalue weighted by Gasteiger charge is -2.45.